The minimum absolute atomic E-state index is 0.227. The zero-order chi connectivity index (χ0) is 19.2. The third-order valence-electron chi connectivity index (χ3n) is 6.12. The number of Topliss-reactive ketones (excluding diaryl/α,β-unsaturated/α-hetero) is 1. The maximum Gasteiger partial charge on any atom is 0.192 e. The van der Waals surface area contributed by atoms with Gasteiger partial charge in [-0.1, -0.05) is 76.5 Å². The fourth-order valence-corrected chi connectivity index (χ4v) is 4.21. The van der Waals surface area contributed by atoms with Crippen LogP contribution in [0.1, 0.15) is 64.0 Å². The molecular weight excluding hydrogens is 336 g/mol. The van der Waals surface area contributed by atoms with Crippen molar-refractivity contribution in [2.75, 3.05) is 6.61 Å². The van der Waals surface area contributed by atoms with Crippen molar-refractivity contribution < 1.29 is 9.22 Å². The van der Waals surface area contributed by atoms with Gasteiger partial charge in [0.15, 0.2) is 8.32 Å². The molecule has 1 aromatic carbocycles. The maximum atomic E-state index is 12.6. The lowest BCUT2D eigenvalue weighted by Gasteiger charge is -2.35. The van der Waals surface area contributed by atoms with Crippen LogP contribution in [-0.4, -0.2) is 20.7 Å². The monoisotopic (exact) mass is 372 g/mol. The molecule has 0 spiro atoms. The third-order valence-corrected chi connectivity index (χ3v) is 10.6. The summed E-state index contributed by atoms with van der Waals surface area (Å²) in [6.07, 6.45) is 10.7. The van der Waals surface area contributed by atoms with Gasteiger partial charge in [-0.3, -0.25) is 4.79 Å². The highest BCUT2D eigenvalue weighted by molar-refractivity contribution is 6.74. The Labute approximate surface area is 161 Å². The van der Waals surface area contributed by atoms with Crippen LogP contribution in [-0.2, 0) is 15.6 Å². The quantitative estimate of drug-likeness (QED) is 0.517. The third kappa shape index (κ3) is 5.92. The zero-order valence-electron chi connectivity index (χ0n) is 17.3. The van der Waals surface area contributed by atoms with Crippen molar-refractivity contribution in [2.45, 2.75) is 77.4 Å². The number of hydrogen-bond acceptors (Lipinski definition) is 2. The second-order valence-electron chi connectivity index (χ2n) is 9.15. The highest BCUT2D eigenvalue weighted by Crippen LogP contribution is 2.36. The number of hydrogen-bond donors (Lipinski definition) is 0. The molecule has 0 atom stereocenters. The molecule has 2 nitrogen and oxygen atoms in total. The van der Waals surface area contributed by atoms with E-state index in [4.69, 9.17) is 4.43 Å². The number of carbonyl (C=O) groups excluding carboxylic acids is 1. The van der Waals surface area contributed by atoms with Gasteiger partial charge in [-0.15, -0.1) is 0 Å². The second-order valence-corrected chi connectivity index (χ2v) is 14.0. The molecule has 1 aliphatic rings. The van der Waals surface area contributed by atoms with Crippen LogP contribution in [0.5, 0.6) is 0 Å². The van der Waals surface area contributed by atoms with Crippen LogP contribution in [0.25, 0.3) is 6.08 Å². The van der Waals surface area contributed by atoms with Crippen molar-refractivity contribution in [1.29, 1.82) is 0 Å². The van der Waals surface area contributed by atoms with Crippen LogP contribution in [0.15, 0.2) is 30.3 Å². The molecule has 0 amide bonds. The molecule has 3 heteroatoms. The first-order chi connectivity index (χ1) is 12.2. The SMILES string of the molecule is CC(C)(C)[Si](C)(C)OC/C=C/c1ccccc1CC(=O)C1CCCCC1. The molecule has 1 aromatic rings. The van der Waals surface area contributed by atoms with Gasteiger partial charge in [-0.05, 0) is 42.1 Å². The van der Waals surface area contributed by atoms with Crippen molar-refractivity contribution in [1.82, 2.24) is 0 Å². The largest absolute Gasteiger partial charge is 0.413 e. The first kappa shape index (κ1) is 21.1. The van der Waals surface area contributed by atoms with Gasteiger partial charge in [-0.2, -0.15) is 0 Å². The first-order valence-corrected chi connectivity index (χ1v) is 13.0. The van der Waals surface area contributed by atoms with Gasteiger partial charge < -0.3 is 4.43 Å². The Morgan fingerprint density at radius 1 is 1.15 bits per heavy atom. The van der Waals surface area contributed by atoms with Crippen molar-refractivity contribution in [2.24, 2.45) is 5.92 Å². The van der Waals surface area contributed by atoms with Gasteiger partial charge in [0.05, 0.1) is 6.61 Å². The van der Waals surface area contributed by atoms with E-state index in [1.54, 1.807) is 0 Å². The Bertz CT molecular complexity index is 619. The Morgan fingerprint density at radius 3 is 2.46 bits per heavy atom. The van der Waals surface area contributed by atoms with E-state index in [1.165, 1.54) is 19.3 Å². The predicted octanol–water partition coefficient (Wildman–Crippen LogP) is 6.41. The molecule has 0 unspecified atom stereocenters. The molecule has 1 fully saturated rings. The van der Waals surface area contributed by atoms with Crippen LogP contribution < -0.4 is 0 Å². The summed E-state index contributed by atoms with van der Waals surface area (Å²) in [5, 5.41) is 0.227. The highest BCUT2D eigenvalue weighted by Gasteiger charge is 2.36. The summed E-state index contributed by atoms with van der Waals surface area (Å²) in [6, 6.07) is 8.28. The van der Waals surface area contributed by atoms with Crippen molar-refractivity contribution >= 4 is 20.2 Å². The van der Waals surface area contributed by atoms with Crippen LogP contribution in [0.3, 0.4) is 0 Å². The van der Waals surface area contributed by atoms with E-state index in [-0.39, 0.29) is 11.0 Å². The van der Waals surface area contributed by atoms with Gasteiger partial charge >= 0.3 is 0 Å². The van der Waals surface area contributed by atoms with E-state index in [9.17, 15) is 4.79 Å². The lowest BCUT2D eigenvalue weighted by molar-refractivity contribution is -0.123. The molecule has 0 saturated heterocycles. The van der Waals surface area contributed by atoms with E-state index in [2.05, 4.69) is 58.2 Å². The summed E-state index contributed by atoms with van der Waals surface area (Å²) in [7, 11) is -1.71. The highest BCUT2D eigenvalue weighted by atomic mass is 28.4. The number of ketones is 1. The maximum absolute atomic E-state index is 12.6. The molecule has 2 rings (SSSR count). The van der Waals surface area contributed by atoms with E-state index in [0.717, 1.165) is 24.0 Å². The molecule has 0 aromatic heterocycles. The Kier molecular flexibility index (Phi) is 7.42. The molecule has 0 bridgehead atoms. The lowest BCUT2D eigenvalue weighted by atomic mass is 9.84. The van der Waals surface area contributed by atoms with E-state index >= 15 is 0 Å². The fourth-order valence-electron chi connectivity index (χ4n) is 3.26. The Morgan fingerprint density at radius 2 is 1.81 bits per heavy atom. The smallest absolute Gasteiger partial charge is 0.192 e. The van der Waals surface area contributed by atoms with E-state index in [1.807, 2.05) is 12.1 Å². The fraction of sp³-hybridized carbons (Fsp3) is 0.609. The van der Waals surface area contributed by atoms with Crippen molar-refractivity contribution in [3.63, 3.8) is 0 Å². The normalized spacial score (nSPS) is 17.0. The lowest BCUT2D eigenvalue weighted by Crippen LogP contribution is -2.40. The van der Waals surface area contributed by atoms with E-state index < -0.39 is 8.32 Å². The molecular formula is C23H36O2Si. The average Bonchev–Trinajstić information content (AvgIpc) is 2.59. The van der Waals surface area contributed by atoms with Crippen LogP contribution in [0.2, 0.25) is 18.1 Å². The van der Waals surface area contributed by atoms with Crippen LogP contribution >= 0.6 is 0 Å². The van der Waals surface area contributed by atoms with Crippen LogP contribution in [0, 0.1) is 5.92 Å². The van der Waals surface area contributed by atoms with Gasteiger partial charge in [0.1, 0.15) is 5.78 Å². The van der Waals surface area contributed by atoms with Crippen LogP contribution in [0.4, 0.5) is 0 Å². The Balaban J connectivity index is 1.96. The minimum Gasteiger partial charge on any atom is -0.413 e. The standard InChI is InChI=1S/C23H36O2Si/c1-23(2,3)26(4,5)25-17-11-16-19-12-9-10-15-21(19)18-22(24)20-13-7-6-8-14-20/h9-12,15-16,20H,6-8,13-14,17-18H2,1-5H3/b16-11+. The molecule has 1 aliphatic carbocycles. The summed E-state index contributed by atoms with van der Waals surface area (Å²) in [6.45, 7) is 12.0. The molecule has 0 heterocycles. The molecule has 0 radical (unpaired) electrons. The summed E-state index contributed by atoms with van der Waals surface area (Å²) >= 11 is 0. The molecule has 144 valence electrons. The van der Waals surface area contributed by atoms with Gasteiger partial charge in [-0.25, -0.2) is 0 Å². The summed E-state index contributed by atoms with van der Waals surface area (Å²) in [4.78, 5) is 12.6. The molecule has 1 saturated carbocycles. The number of rotatable bonds is 7. The Hall–Kier alpha value is -1.19. The molecule has 0 aliphatic heterocycles. The van der Waals surface area contributed by atoms with Gasteiger partial charge in [0, 0.05) is 12.3 Å². The first-order valence-electron chi connectivity index (χ1n) is 10.1. The summed E-state index contributed by atoms with van der Waals surface area (Å²) in [5.41, 5.74) is 2.29. The van der Waals surface area contributed by atoms with E-state index in [0.29, 0.717) is 18.8 Å². The van der Waals surface area contributed by atoms with Crippen molar-refractivity contribution in [3.8, 4) is 0 Å². The minimum atomic E-state index is -1.71. The zero-order valence-corrected chi connectivity index (χ0v) is 18.3. The van der Waals surface area contributed by atoms with Gasteiger partial charge in [0.2, 0.25) is 0 Å². The average molecular weight is 373 g/mol. The summed E-state index contributed by atoms with van der Waals surface area (Å²) in [5.74, 6) is 0.700. The number of benzene rings is 1. The number of carbonyl (C=O) groups is 1. The van der Waals surface area contributed by atoms with Gasteiger partial charge in [0.25, 0.3) is 0 Å². The predicted molar refractivity (Wildman–Crippen MR) is 114 cm³/mol. The van der Waals surface area contributed by atoms with Crippen molar-refractivity contribution in [3.05, 3.63) is 41.5 Å². The second kappa shape index (κ2) is 9.14. The summed E-state index contributed by atoms with van der Waals surface area (Å²) < 4.78 is 6.22. The molecule has 0 N–H and O–H groups in total. The molecule has 26 heavy (non-hydrogen) atoms. The topological polar surface area (TPSA) is 26.3 Å².